The third-order valence-electron chi connectivity index (χ3n) is 14.9. The Balaban J connectivity index is 1.84. The standard InChI is InChI=1S/C47H91N3O4/c1-8-12-15-17-31-50(32-18-16-13-9-2)44(51)24-21-37(5)39-22-23-40-45-41(36-43(47(39,40)7)54-35-20-30-49)46(6,28-26-42(45)53-33-14-10-3)27-25-38(11-4)52-34-19-29-48/h37-43,45H,8-36,48-49H2,1-7H3/t37-,38+,39-,40+,41+,42-,43+,45?,46+,47-/m1/s1. The minimum absolute atomic E-state index is 0.0696. The average Bonchev–Trinajstić information content (AvgIpc) is 3.53. The molecule has 1 amide bonds. The number of hydrogen-bond acceptors (Lipinski definition) is 6. The molecule has 7 nitrogen and oxygen atoms in total. The maximum atomic E-state index is 13.9. The van der Waals surface area contributed by atoms with Gasteiger partial charge in [-0.1, -0.05) is 93.4 Å². The average molecular weight is 762 g/mol. The number of carbonyl (C=O) groups excluding carboxylic acids is 1. The van der Waals surface area contributed by atoms with E-state index >= 15 is 0 Å². The molecule has 0 saturated heterocycles. The zero-order chi connectivity index (χ0) is 39.4. The summed E-state index contributed by atoms with van der Waals surface area (Å²) in [7, 11) is 0. The van der Waals surface area contributed by atoms with Crippen LogP contribution in [0.1, 0.15) is 190 Å². The molecule has 4 N–H and O–H groups in total. The molecule has 3 fully saturated rings. The van der Waals surface area contributed by atoms with Gasteiger partial charge in [-0.15, -0.1) is 0 Å². The van der Waals surface area contributed by atoms with Crippen molar-refractivity contribution < 1.29 is 19.0 Å². The molecule has 54 heavy (non-hydrogen) atoms. The van der Waals surface area contributed by atoms with E-state index in [0.717, 1.165) is 90.7 Å². The van der Waals surface area contributed by atoms with Crippen LogP contribution in [0.5, 0.6) is 0 Å². The van der Waals surface area contributed by atoms with E-state index in [-0.39, 0.29) is 16.9 Å². The Bertz CT molecular complexity index is 986. The van der Waals surface area contributed by atoms with Gasteiger partial charge >= 0.3 is 0 Å². The summed E-state index contributed by atoms with van der Waals surface area (Å²) in [6, 6.07) is 0. The fourth-order valence-corrected chi connectivity index (χ4v) is 11.5. The minimum atomic E-state index is 0.0696. The molecule has 1 unspecified atom stereocenters. The van der Waals surface area contributed by atoms with Gasteiger partial charge in [0.2, 0.25) is 5.91 Å². The number of carbonyl (C=O) groups is 1. The van der Waals surface area contributed by atoms with E-state index in [4.69, 9.17) is 25.7 Å². The van der Waals surface area contributed by atoms with Crippen molar-refractivity contribution in [1.82, 2.24) is 4.90 Å². The maximum absolute atomic E-state index is 13.9. The number of amides is 1. The highest BCUT2D eigenvalue weighted by Crippen LogP contribution is 2.67. The topological polar surface area (TPSA) is 100 Å². The molecular weight excluding hydrogens is 671 g/mol. The SMILES string of the molecule is CCCCCCN(CCCCCC)C(=O)CC[C@@H](C)[C@H]1CC[C@H]2C3[C@H](OCCCC)CC[C@](C)(CC[C@H](CC)OCCCN)[C@H]3C[C@H](OCCCN)[C@]12C. The minimum Gasteiger partial charge on any atom is -0.378 e. The van der Waals surface area contributed by atoms with Crippen LogP contribution in [-0.4, -0.2) is 75.1 Å². The molecule has 3 aliphatic rings. The number of hydrogen-bond donors (Lipinski definition) is 2. The lowest BCUT2D eigenvalue weighted by Gasteiger charge is -2.61. The van der Waals surface area contributed by atoms with Crippen LogP contribution in [0.25, 0.3) is 0 Å². The van der Waals surface area contributed by atoms with E-state index in [0.29, 0.717) is 67.2 Å². The summed E-state index contributed by atoms with van der Waals surface area (Å²) in [5.41, 5.74) is 12.2. The van der Waals surface area contributed by atoms with Gasteiger partial charge in [-0.05, 0) is 138 Å². The Morgan fingerprint density at radius 1 is 0.759 bits per heavy atom. The van der Waals surface area contributed by atoms with Crippen LogP contribution in [0.15, 0.2) is 0 Å². The van der Waals surface area contributed by atoms with Crippen LogP contribution < -0.4 is 11.5 Å². The fraction of sp³-hybridized carbons (Fsp3) is 0.979. The third-order valence-corrected chi connectivity index (χ3v) is 14.9. The van der Waals surface area contributed by atoms with Crippen molar-refractivity contribution in [2.45, 2.75) is 208 Å². The lowest BCUT2D eigenvalue weighted by atomic mass is 9.46. The van der Waals surface area contributed by atoms with Crippen molar-refractivity contribution in [1.29, 1.82) is 0 Å². The van der Waals surface area contributed by atoms with Gasteiger partial charge in [0.1, 0.15) is 0 Å². The van der Waals surface area contributed by atoms with E-state index in [1.807, 2.05) is 0 Å². The van der Waals surface area contributed by atoms with E-state index < -0.39 is 0 Å². The van der Waals surface area contributed by atoms with Gasteiger partial charge in [0.25, 0.3) is 0 Å². The van der Waals surface area contributed by atoms with E-state index in [1.165, 1.54) is 77.0 Å². The van der Waals surface area contributed by atoms with Crippen LogP contribution in [0, 0.1) is 40.4 Å². The second-order valence-electron chi connectivity index (χ2n) is 18.6. The normalized spacial score (nSPS) is 30.5. The summed E-state index contributed by atoms with van der Waals surface area (Å²) < 4.78 is 20.4. The Morgan fingerprint density at radius 3 is 2.04 bits per heavy atom. The number of nitrogens with zero attached hydrogens (tertiary/aromatic N) is 1. The van der Waals surface area contributed by atoms with Crippen LogP contribution in [0.2, 0.25) is 0 Å². The summed E-state index contributed by atoms with van der Waals surface area (Å²) >= 11 is 0. The first-order chi connectivity index (χ1) is 26.1. The summed E-state index contributed by atoms with van der Waals surface area (Å²) in [4.78, 5) is 16.1. The van der Waals surface area contributed by atoms with Gasteiger partial charge < -0.3 is 30.6 Å². The molecule has 0 bridgehead atoms. The van der Waals surface area contributed by atoms with E-state index in [2.05, 4.69) is 53.4 Å². The largest absolute Gasteiger partial charge is 0.378 e. The molecule has 3 saturated carbocycles. The first-order valence-electron chi connectivity index (χ1n) is 23.7. The van der Waals surface area contributed by atoms with Crippen molar-refractivity contribution in [3.05, 3.63) is 0 Å². The lowest BCUT2D eigenvalue weighted by Crippen LogP contribution is -2.60. The molecular formula is C47H91N3O4. The first-order valence-corrected chi connectivity index (χ1v) is 23.7. The van der Waals surface area contributed by atoms with E-state index in [1.54, 1.807) is 0 Å². The molecule has 0 heterocycles. The summed E-state index contributed by atoms with van der Waals surface area (Å²) in [6.07, 6.45) is 25.7. The Kier molecular flexibility index (Phi) is 22.6. The lowest BCUT2D eigenvalue weighted by molar-refractivity contribution is -0.205. The van der Waals surface area contributed by atoms with Gasteiger partial charge in [0.15, 0.2) is 0 Å². The Morgan fingerprint density at radius 2 is 1.41 bits per heavy atom. The highest BCUT2D eigenvalue weighted by Gasteiger charge is 2.64. The summed E-state index contributed by atoms with van der Waals surface area (Å²) in [5, 5.41) is 0. The maximum Gasteiger partial charge on any atom is 0.222 e. The molecule has 10 atom stereocenters. The van der Waals surface area contributed by atoms with Crippen LogP contribution in [0.4, 0.5) is 0 Å². The van der Waals surface area contributed by atoms with Crippen molar-refractivity contribution in [3.8, 4) is 0 Å². The highest BCUT2D eigenvalue weighted by molar-refractivity contribution is 5.76. The van der Waals surface area contributed by atoms with Gasteiger partial charge in [0, 0.05) is 44.7 Å². The molecule has 7 heteroatoms. The molecule has 0 spiro atoms. The molecule has 0 aromatic heterocycles. The molecule has 3 rings (SSSR count). The zero-order valence-corrected chi connectivity index (χ0v) is 36.9. The second-order valence-corrected chi connectivity index (χ2v) is 18.6. The van der Waals surface area contributed by atoms with Crippen molar-refractivity contribution >= 4 is 5.91 Å². The monoisotopic (exact) mass is 762 g/mol. The number of unbranched alkanes of at least 4 members (excludes halogenated alkanes) is 7. The van der Waals surface area contributed by atoms with Gasteiger partial charge in [0.05, 0.1) is 18.3 Å². The first kappa shape index (κ1) is 47.6. The quantitative estimate of drug-likeness (QED) is 0.0707. The molecule has 0 radical (unpaired) electrons. The molecule has 0 aromatic carbocycles. The molecule has 3 aliphatic carbocycles. The second kappa shape index (κ2) is 25.6. The van der Waals surface area contributed by atoms with Crippen LogP contribution >= 0.6 is 0 Å². The molecule has 318 valence electrons. The predicted octanol–water partition coefficient (Wildman–Crippen LogP) is 10.7. The molecule has 0 aliphatic heterocycles. The van der Waals surface area contributed by atoms with Gasteiger partial charge in [-0.2, -0.15) is 0 Å². The number of ether oxygens (including phenoxy) is 3. The van der Waals surface area contributed by atoms with Crippen molar-refractivity contribution in [2.24, 2.45) is 51.9 Å². The third kappa shape index (κ3) is 13.4. The number of nitrogens with two attached hydrogens (primary N) is 2. The summed E-state index contributed by atoms with van der Waals surface area (Å²) in [6.45, 7) is 22.4. The number of rotatable bonds is 30. The van der Waals surface area contributed by atoms with Crippen molar-refractivity contribution in [3.63, 3.8) is 0 Å². The van der Waals surface area contributed by atoms with Crippen LogP contribution in [-0.2, 0) is 19.0 Å². The van der Waals surface area contributed by atoms with E-state index in [9.17, 15) is 4.79 Å². The van der Waals surface area contributed by atoms with Crippen LogP contribution in [0.3, 0.4) is 0 Å². The van der Waals surface area contributed by atoms with Gasteiger partial charge in [-0.3, -0.25) is 4.79 Å². The Hall–Kier alpha value is -0.730. The smallest absolute Gasteiger partial charge is 0.222 e. The van der Waals surface area contributed by atoms with Crippen molar-refractivity contribution in [2.75, 3.05) is 46.0 Å². The summed E-state index contributed by atoms with van der Waals surface area (Å²) in [5.74, 6) is 3.12. The molecule has 0 aromatic rings. The number of fused-ring (bicyclic) bond motifs is 3. The fourth-order valence-electron chi connectivity index (χ4n) is 11.5. The Labute approximate surface area is 334 Å². The predicted molar refractivity (Wildman–Crippen MR) is 228 cm³/mol. The van der Waals surface area contributed by atoms with Gasteiger partial charge in [-0.25, -0.2) is 0 Å². The highest BCUT2D eigenvalue weighted by atomic mass is 16.5. The zero-order valence-electron chi connectivity index (χ0n) is 36.9.